The van der Waals surface area contributed by atoms with Crippen LogP contribution >= 0.6 is 11.6 Å². The summed E-state index contributed by atoms with van der Waals surface area (Å²) in [5, 5.41) is 10.3. The van der Waals surface area contributed by atoms with Gasteiger partial charge in [0.1, 0.15) is 5.56 Å². The van der Waals surface area contributed by atoms with Crippen LogP contribution in [0.3, 0.4) is 0 Å². The summed E-state index contributed by atoms with van der Waals surface area (Å²) in [6, 6.07) is 5.16. The molecule has 0 unspecified atom stereocenters. The summed E-state index contributed by atoms with van der Waals surface area (Å²) < 4.78 is 0. The van der Waals surface area contributed by atoms with Gasteiger partial charge in [0, 0.05) is 5.39 Å². The Morgan fingerprint density at radius 2 is 2.06 bits per heavy atom. The van der Waals surface area contributed by atoms with Crippen LogP contribution in [0.1, 0.15) is 35.7 Å². The van der Waals surface area contributed by atoms with Crippen LogP contribution in [0.25, 0.3) is 10.9 Å². The molecule has 0 radical (unpaired) electrons. The number of aromatic amines is 1. The molecule has 0 aliphatic heterocycles. The topological polar surface area (TPSA) is 70.2 Å². The van der Waals surface area contributed by atoms with Gasteiger partial charge in [-0.3, -0.25) is 4.79 Å². The molecule has 0 spiro atoms. The zero-order chi connectivity index (χ0) is 13.4. The molecule has 1 aromatic carbocycles. The van der Waals surface area contributed by atoms with Gasteiger partial charge in [0.25, 0.3) is 5.56 Å². The first-order valence-electron chi connectivity index (χ1n) is 5.51. The smallest absolute Gasteiger partial charge is 0.341 e. The van der Waals surface area contributed by atoms with Crippen molar-refractivity contribution in [3.8, 4) is 0 Å². The average Bonchev–Trinajstić information content (AvgIpc) is 2.28. The van der Waals surface area contributed by atoms with E-state index in [1.54, 1.807) is 18.2 Å². The van der Waals surface area contributed by atoms with Gasteiger partial charge in [0.15, 0.2) is 0 Å². The number of aromatic nitrogens is 1. The number of halogens is 1. The molecule has 5 heteroatoms. The van der Waals surface area contributed by atoms with Gasteiger partial charge >= 0.3 is 5.97 Å². The largest absolute Gasteiger partial charge is 0.477 e. The maximum absolute atomic E-state index is 11.9. The molecular formula is C13H12ClNO3. The second-order valence-corrected chi connectivity index (χ2v) is 4.77. The van der Waals surface area contributed by atoms with Crippen LogP contribution in [-0.2, 0) is 0 Å². The Morgan fingerprint density at radius 1 is 1.39 bits per heavy atom. The van der Waals surface area contributed by atoms with Gasteiger partial charge in [-0.15, -0.1) is 0 Å². The zero-order valence-corrected chi connectivity index (χ0v) is 10.7. The lowest BCUT2D eigenvalue weighted by Crippen LogP contribution is -2.21. The monoisotopic (exact) mass is 265 g/mol. The van der Waals surface area contributed by atoms with Gasteiger partial charge < -0.3 is 10.1 Å². The molecule has 2 rings (SSSR count). The maximum atomic E-state index is 11.9. The highest BCUT2D eigenvalue weighted by molar-refractivity contribution is 6.35. The number of benzene rings is 1. The van der Waals surface area contributed by atoms with Gasteiger partial charge in [-0.05, 0) is 17.5 Å². The van der Waals surface area contributed by atoms with E-state index < -0.39 is 11.5 Å². The van der Waals surface area contributed by atoms with Crippen LogP contribution in [0.5, 0.6) is 0 Å². The Hall–Kier alpha value is -1.81. The van der Waals surface area contributed by atoms with E-state index >= 15 is 0 Å². The second kappa shape index (κ2) is 4.46. The molecule has 0 bridgehead atoms. The molecule has 0 saturated carbocycles. The highest BCUT2D eigenvalue weighted by atomic mass is 35.5. The third kappa shape index (κ3) is 1.88. The van der Waals surface area contributed by atoms with Crippen molar-refractivity contribution >= 4 is 28.5 Å². The van der Waals surface area contributed by atoms with E-state index in [2.05, 4.69) is 4.98 Å². The molecule has 0 aliphatic rings. The minimum absolute atomic E-state index is 0.0839. The Morgan fingerprint density at radius 3 is 2.61 bits per heavy atom. The average molecular weight is 266 g/mol. The van der Waals surface area contributed by atoms with Crippen molar-refractivity contribution in [1.29, 1.82) is 0 Å². The summed E-state index contributed by atoms with van der Waals surface area (Å²) in [6.45, 7) is 3.70. The molecule has 1 heterocycles. The Balaban J connectivity index is 3.04. The summed E-state index contributed by atoms with van der Waals surface area (Å²) in [4.78, 5) is 25.6. The van der Waals surface area contributed by atoms with Crippen LogP contribution < -0.4 is 5.56 Å². The van der Waals surface area contributed by atoms with Gasteiger partial charge in [-0.2, -0.15) is 0 Å². The molecule has 2 aromatic rings. The van der Waals surface area contributed by atoms with Crippen molar-refractivity contribution in [1.82, 2.24) is 4.98 Å². The molecule has 0 aliphatic carbocycles. The first kappa shape index (κ1) is 12.6. The predicted molar refractivity (Wildman–Crippen MR) is 70.6 cm³/mol. The van der Waals surface area contributed by atoms with Crippen LogP contribution in [0.2, 0.25) is 5.02 Å². The summed E-state index contributed by atoms with van der Waals surface area (Å²) in [5.41, 5.74) is 0.174. The number of hydrogen-bond acceptors (Lipinski definition) is 2. The molecular weight excluding hydrogens is 254 g/mol. The van der Waals surface area contributed by atoms with Crippen LogP contribution in [0, 0.1) is 0 Å². The SMILES string of the molecule is CC(C)c1c(C(=O)O)c(=O)[nH]c2c(Cl)cccc12. The Kier molecular flexibility index (Phi) is 3.13. The van der Waals surface area contributed by atoms with E-state index in [1.807, 2.05) is 13.8 Å². The minimum Gasteiger partial charge on any atom is -0.477 e. The van der Waals surface area contributed by atoms with Crippen molar-refractivity contribution in [2.24, 2.45) is 0 Å². The number of carboxylic acid groups (broad SMARTS) is 1. The highest BCUT2D eigenvalue weighted by Crippen LogP contribution is 2.29. The van der Waals surface area contributed by atoms with Gasteiger partial charge in [-0.1, -0.05) is 37.6 Å². The quantitative estimate of drug-likeness (QED) is 0.877. The number of aromatic carboxylic acids is 1. The van der Waals surface area contributed by atoms with Crippen LogP contribution in [0.4, 0.5) is 0 Å². The number of carbonyl (C=O) groups is 1. The van der Waals surface area contributed by atoms with Crippen LogP contribution in [-0.4, -0.2) is 16.1 Å². The summed E-state index contributed by atoms with van der Waals surface area (Å²) in [6.07, 6.45) is 0. The number of pyridine rings is 1. The van der Waals surface area contributed by atoms with Crippen molar-refractivity contribution in [3.05, 3.63) is 44.7 Å². The van der Waals surface area contributed by atoms with Crippen molar-refractivity contribution in [2.45, 2.75) is 19.8 Å². The third-order valence-electron chi connectivity index (χ3n) is 2.83. The van der Waals surface area contributed by atoms with E-state index in [9.17, 15) is 14.7 Å². The number of fused-ring (bicyclic) bond motifs is 1. The normalized spacial score (nSPS) is 11.1. The lowest BCUT2D eigenvalue weighted by molar-refractivity contribution is 0.0693. The minimum atomic E-state index is -1.22. The molecule has 0 fully saturated rings. The molecule has 0 amide bonds. The van der Waals surface area contributed by atoms with E-state index in [4.69, 9.17) is 11.6 Å². The second-order valence-electron chi connectivity index (χ2n) is 4.37. The summed E-state index contributed by atoms with van der Waals surface area (Å²) in [7, 11) is 0. The molecule has 18 heavy (non-hydrogen) atoms. The molecule has 94 valence electrons. The fourth-order valence-electron chi connectivity index (χ4n) is 2.12. The zero-order valence-electron chi connectivity index (χ0n) is 9.95. The third-order valence-corrected chi connectivity index (χ3v) is 3.14. The van der Waals surface area contributed by atoms with Crippen molar-refractivity contribution in [2.75, 3.05) is 0 Å². The van der Waals surface area contributed by atoms with E-state index in [0.717, 1.165) is 0 Å². The van der Waals surface area contributed by atoms with Gasteiger partial charge in [0.2, 0.25) is 0 Å². The first-order valence-corrected chi connectivity index (χ1v) is 5.89. The summed E-state index contributed by atoms with van der Waals surface area (Å²) >= 11 is 6.02. The van der Waals surface area contributed by atoms with Gasteiger partial charge in [0.05, 0.1) is 10.5 Å². The van der Waals surface area contributed by atoms with E-state index in [0.29, 0.717) is 21.5 Å². The first-order chi connectivity index (χ1) is 8.43. The lowest BCUT2D eigenvalue weighted by Gasteiger charge is -2.13. The standard InChI is InChI=1S/C13H12ClNO3/c1-6(2)9-7-4-3-5-8(14)11(7)15-12(16)10(9)13(17)18/h3-6H,1-2H3,(H,15,16)(H,17,18). The van der Waals surface area contributed by atoms with Crippen molar-refractivity contribution < 1.29 is 9.90 Å². The Labute approximate surface area is 108 Å². The highest BCUT2D eigenvalue weighted by Gasteiger charge is 2.21. The van der Waals surface area contributed by atoms with E-state index in [-0.39, 0.29) is 11.5 Å². The Bertz CT molecular complexity index is 688. The molecule has 0 atom stereocenters. The number of nitrogens with one attached hydrogen (secondary N) is 1. The molecule has 0 saturated heterocycles. The van der Waals surface area contributed by atoms with E-state index in [1.165, 1.54) is 0 Å². The molecule has 2 N–H and O–H groups in total. The van der Waals surface area contributed by atoms with Crippen LogP contribution in [0.15, 0.2) is 23.0 Å². The van der Waals surface area contributed by atoms with Gasteiger partial charge in [-0.25, -0.2) is 4.79 Å². The summed E-state index contributed by atoms with van der Waals surface area (Å²) in [5.74, 6) is -1.30. The fraction of sp³-hybridized carbons (Fsp3) is 0.231. The number of hydrogen-bond donors (Lipinski definition) is 2. The fourth-order valence-corrected chi connectivity index (χ4v) is 2.34. The lowest BCUT2D eigenvalue weighted by atomic mass is 9.94. The molecule has 1 aromatic heterocycles. The molecule has 4 nitrogen and oxygen atoms in total. The number of carboxylic acids is 1. The number of H-pyrrole nitrogens is 1. The maximum Gasteiger partial charge on any atom is 0.341 e. The van der Waals surface area contributed by atoms with Crippen molar-refractivity contribution in [3.63, 3.8) is 0 Å². The predicted octanol–water partition coefficient (Wildman–Crippen LogP) is 3.00. The number of rotatable bonds is 2. The number of para-hydroxylation sites is 1.